The molecule has 6 nitrogen and oxygen atoms in total. The Hall–Kier alpha value is -2.41. The van der Waals surface area contributed by atoms with Crippen molar-refractivity contribution in [1.82, 2.24) is 9.55 Å². The molecule has 0 amide bonds. The molecule has 0 fully saturated rings. The zero-order chi connectivity index (χ0) is 15.9. The highest BCUT2D eigenvalue weighted by atomic mass is 19.1. The van der Waals surface area contributed by atoms with Crippen molar-refractivity contribution in [3.63, 3.8) is 0 Å². The molecule has 116 valence electrons. The van der Waals surface area contributed by atoms with Crippen molar-refractivity contribution < 1.29 is 24.1 Å². The van der Waals surface area contributed by atoms with Crippen LogP contribution in [0.2, 0.25) is 0 Å². The number of fused-ring (bicyclic) bond motifs is 1. The van der Waals surface area contributed by atoms with Crippen molar-refractivity contribution in [2.24, 2.45) is 0 Å². The van der Waals surface area contributed by atoms with E-state index >= 15 is 0 Å². The standard InChI is InChI=1S/C15H15FN2O4/c1-22-13-10(15(20)21)12-9(19)5-3-7-18(12)11(13)8-4-2-6-17-14(8)16/h2,4,6,9,19H,3,5,7H2,1H3,(H,20,21). The molecule has 2 aromatic heterocycles. The van der Waals surface area contributed by atoms with E-state index in [0.717, 1.165) is 0 Å². The normalized spacial score (nSPS) is 17.1. The number of hydrogen-bond acceptors (Lipinski definition) is 4. The number of rotatable bonds is 3. The summed E-state index contributed by atoms with van der Waals surface area (Å²) in [5, 5.41) is 19.7. The Balaban J connectivity index is 2.37. The topological polar surface area (TPSA) is 84.6 Å². The quantitative estimate of drug-likeness (QED) is 0.849. The van der Waals surface area contributed by atoms with Gasteiger partial charge in [-0.05, 0) is 25.0 Å². The molecule has 22 heavy (non-hydrogen) atoms. The van der Waals surface area contributed by atoms with E-state index in [0.29, 0.717) is 25.1 Å². The zero-order valence-corrected chi connectivity index (χ0v) is 11.9. The Kier molecular flexibility index (Phi) is 3.58. The number of aliphatic hydroxyl groups excluding tert-OH is 1. The maximum atomic E-state index is 14.1. The van der Waals surface area contributed by atoms with Crippen LogP contribution in [0.4, 0.5) is 4.39 Å². The van der Waals surface area contributed by atoms with Gasteiger partial charge < -0.3 is 19.5 Å². The van der Waals surface area contributed by atoms with E-state index in [1.165, 1.54) is 19.4 Å². The second-order valence-corrected chi connectivity index (χ2v) is 5.10. The number of carboxylic acids is 1. The van der Waals surface area contributed by atoms with Gasteiger partial charge in [-0.1, -0.05) is 0 Å². The van der Waals surface area contributed by atoms with E-state index in [2.05, 4.69) is 4.98 Å². The van der Waals surface area contributed by atoms with E-state index in [4.69, 9.17) is 4.74 Å². The van der Waals surface area contributed by atoms with Crippen LogP contribution < -0.4 is 4.74 Å². The molecule has 1 aliphatic heterocycles. The lowest BCUT2D eigenvalue weighted by Crippen LogP contribution is -2.18. The first-order chi connectivity index (χ1) is 10.6. The Morgan fingerprint density at radius 3 is 2.95 bits per heavy atom. The summed E-state index contributed by atoms with van der Waals surface area (Å²) in [7, 11) is 1.33. The van der Waals surface area contributed by atoms with Crippen LogP contribution in [0, 0.1) is 5.95 Å². The number of aromatic carboxylic acids is 1. The molecular weight excluding hydrogens is 291 g/mol. The van der Waals surface area contributed by atoms with Gasteiger partial charge in [0.25, 0.3) is 0 Å². The Bertz CT molecular complexity index is 741. The Labute approximate surface area is 125 Å². The lowest BCUT2D eigenvalue weighted by atomic mass is 10.0. The lowest BCUT2D eigenvalue weighted by Gasteiger charge is -2.22. The summed E-state index contributed by atoms with van der Waals surface area (Å²) in [5.74, 6) is -1.87. The number of ether oxygens (including phenoxy) is 1. The van der Waals surface area contributed by atoms with E-state index in [1.807, 2.05) is 0 Å². The minimum atomic E-state index is -1.21. The molecule has 0 saturated carbocycles. The molecule has 2 aromatic rings. The molecule has 0 aromatic carbocycles. The van der Waals surface area contributed by atoms with E-state index in [9.17, 15) is 19.4 Å². The third kappa shape index (κ3) is 2.05. The second-order valence-electron chi connectivity index (χ2n) is 5.10. The molecular formula is C15H15FN2O4. The summed E-state index contributed by atoms with van der Waals surface area (Å²) in [6, 6.07) is 3.08. The molecule has 0 bridgehead atoms. The van der Waals surface area contributed by atoms with Gasteiger partial charge in [-0.3, -0.25) is 0 Å². The number of nitrogens with zero attached hydrogens (tertiary/aromatic N) is 2. The molecule has 0 saturated heterocycles. The van der Waals surface area contributed by atoms with Crippen molar-refractivity contribution >= 4 is 5.97 Å². The summed E-state index contributed by atoms with van der Waals surface area (Å²) >= 11 is 0. The van der Waals surface area contributed by atoms with Crippen molar-refractivity contribution in [3.05, 3.63) is 35.5 Å². The van der Waals surface area contributed by atoms with E-state index in [-0.39, 0.29) is 22.6 Å². The van der Waals surface area contributed by atoms with Gasteiger partial charge in [-0.2, -0.15) is 4.39 Å². The maximum Gasteiger partial charge on any atom is 0.341 e. The molecule has 1 unspecified atom stereocenters. The Morgan fingerprint density at radius 1 is 1.55 bits per heavy atom. The first kappa shape index (κ1) is 14.5. The van der Waals surface area contributed by atoms with Crippen molar-refractivity contribution in [3.8, 4) is 17.0 Å². The molecule has 7 heteroatoms. The maximum absolute atomic E-state index is 14.1. The Morgan fingerprint density at radius 2 is 2.32 bits per heavy atom. The summed E-state index contributed by atoms with van der Waals surface area (Å²) < 4.78 is 20.9. The van der Waals surface area contributed by atoms with Gasteiger partial charge in [0, 0.05) is 12.7 Å². The van der Waals surface area contributed by atoms with Crippen molar-refractivity contribution in [1.29, 1.82) is 0 Å². The van der Waals surface area contributed by atoms with Crippen molar-refractivity contribution in [2.45, 2.75) is 25.5 Å². The monoisotopic (exact) mass is 306 g/mol. The van der Waals surface area contributed by atoms with Gasteiger partial charge in [0.05, 0.1) is 30.2 Å². The predicted molar refractivity (Wildman–Crippen MR) is 75.3 cm³/mol. The number of halogens is 1. The average molecular weight is 306 g/mol. The molecule has 1 aliphatic rings. The summed E-state index contributed by atoms with van der Waals surface area (Å²) in [5.41, 5.74) is 0.600. The van der Waals surface area contributed by atoms with Gasteiger partial charge in [-0.15, -0.1) is 0 Å². The molecule has 0 radical (unpaired) electrons. The first-order valence-electron chi connectivity index (χ1n) is 6.88. The number of hydrogen-bond donors (Lipinski definition) is 2. The summed E-state index contributed by atoms with van der Waals surface area (Å²) in [6.45, 7) is 0.486. The van der Waals surface area contributed by atoms with Crippen LogP contribution >= 0.6 is 0 Å². The van der Waals surface area contributed by atoms with E-state index < -0.39 is 18.0 Å². The fraction of sp³-hybridized carbons (Fsp3) is 0.333. The predicted octanol–water partition coefficient (Wildman–Crippen LogP) is 2.22. The molecule has 0 spiro atoms. The molecule has 0 aliphatic carbocycles. The minimum Gasteiger partial charge on any atom is -0.494 e. The average Bonchev–Trinajstić information content (AvgIpc) is 2.83. The number of aromatic nitrogens is 2. The van der Waals surface area contributed by atoms with Gasteiger partial charge >= 0.3 is 5.97 Å². The number of carboxylic acid groups (broad SMARTS) is 1. The highest BCUT2D eigenvalue weighted by molar-refractivity contribution is 5.96. The minimum absolute atomic E-state index is 0.0513. The molecule has 3 rings (SSSR count). The zero-order valence-electron chi connectivity index (χ0n) is 11.9. The lowest BCUT2D eigenvalue weighted by molar-refractivity contribution is 0.0679. The van der Waals surface area contributed by atoms with Crippen LogP contribution in [0.3, 0.4) is 0 Å². The fourth-order valence-electron chi connectivity index (χ4n) is 3.01. The SMILES string of the molecule is COc1c(C(=O)O)c2n(c1-c1cccnc1F)CCCC2O. The van der Waals surface area contributed by atoms with Gasteiger partial charge in [0.15, 0.2) is 5.75 Å². The number of carbonyl (C=O) groups is 1. The van der Waals surface area contributed by atoms with Gasteiger partial charge in [0.2, 0.25) is 5.95 Å². The highest BCUT2D eigenvalue weighted by Gasteiger charge is 2.35. The van der Waals surface area contributed by atoms with E-state index in [1.54, 1.807) is 10.6 Å². The highest BCUT2D eigenvalue weighted by Crippen LogP contribution is 2.44. The second kappa shape index (κ2) is 5.42. The third-order valence-electron chi connectivity index (χ3n) is 3.87. The van der Waals surface area contributed by atoms with Gasteiger partial charge in [0.1, 0.15) is 5.56 Å². The third-order valence-corrected chi connectivity index (χ3v) is 3.87. The fourth-order valence-corrected chi connectivity index (χ4v) is 3.01. The molecule has 2 N–H and O–H groups in total. The van der Waals surface area contributed by atoms with Crippen molar-refractivity contribution in [2.75, 3.05) is 7.11 Å². The van der Waals surface area contributed by atoms with Crippen LogP contribution in [-0.4, -0.2) is 32.8 Å². The van der Waals surface area contributed by atoms with Crippen LogP contribution in [-0.2, 0) is 6.54 Å². The summed E-state index contributed by atoms with van der Waals surface area (Å²) in [6.07, 6.45) is 1.53. The van der Waals surface area contributed by atoms with Crippen LogP contribution in [0.1, 0.15) is 35.0 Å². The number of aliphatic hydroxyl groups is 1. The number of methoxy groups -OCH3 is 1. The van der Waals surface area contributed by atoms with Crippen LogP contribution in [0.15, 0.2) is 18.3 Å². The van der Waals surface area contributed by atoms with Crippen LogP contribution in [0.25, 0.3) is 11.3 Å². The summed E-state index contributed by atoms with van der Waals surface area (Å²) in [4.78, 5) is 15.2. The van der Waals surface area contributed by atoms with Gasteiger partial charge in [-0.25, -0.2) is 9.78 Å². The first-order valence-corrected chi connectivity index (χ1v) is 6.88. The molecule has 1 atom stereocenters. The smallest absolute Gasteiger partial charge is 0.341 e. The largest absolute Gasteiger partial charge is 0.494 e. The van der Waals surface area contributed by atoms with Crippen LogP contribution in [0.5, 0.6) is 5.75 Å². The molecule has 3 heterocycles. The number of pyridine rings is 1.